The van der Waals surface area contributed by atoms with Crippen LogP contribution in [0.25, 0.3) is 0 Å². The Kier molecular flexibility index (Phi) is 29.7. The number of aliphatic hydroxyl groups excluding tert-OH is 16. The van der Waals surface area contributed by atoms with Crippen LogP contribution < -0.4 is 0 Å². The topological polar surface area (TPSA) is 471 Å². The zero-order valence-electron chi connectivity index (χ0n) is 45.5. The molecule has 0 aromatic heterocycles. The molecular formula is C48H72I8O32. The molecule has 88 heavy (non-hydrogen) atoms. The maximum Gasteiger partial charge on any atom is 0.187 e. The zero-order valence-corrected chi connectivity index (χ0v) is 62.7. The number of halogens is 8. The lowest BCUT2D eigenvalue weighted by atomic mass is 9.95. The highest BCUT2D eigenvalue weighted by Crippen LogP contribution is 2.41. The average molecular weight is 2180 g/mol. The number of hydrogen-bond donors (Lipinski definition) is 16. The third-order valence-corrected chi connectivity index (χ3v) is 23.6. The second kappa shape index (κ2) is 34.0. The van der Waals surface area contributed by atoms with E-state index in [0.717, 1.165) is 0 Å². The van der Waals surface area contributed by atoms with Crippen LogP contribution in [-0.2, 0) is 75.8 Å². The molecule has 32 nitrogen and oxygen atoms in total. The Morgan fingerprint density at radius 2 is 0.239 bits per heavy atom. The summed E-state index contributed by atoms with van der Waals surface area (Å²) in [6.45, 7) is 0. The van der Waals surface area contributed by atoms with Crippen molar-refractivity contribution in [1.29, 1.82) is 0 Å². The maximum atomic E-state index is 11.7. The van der Waals surface area contributed by atoms with E-state index < -0.39 is 246 Å². The molecule has 512 valence electrons. The van der Waals surface area contributed by atoms with Gasteiger partial charge in [-0.3, -0.25) is 0 Å². The van der Waals surface area contributed by atoms with Crippen LogP contribution in [0, 0.1) is 0 Å². The fourth-order valence-corrected chi connectivity index (χ4v) is 17.4. The first-order chi connectivity index (χ1) is 41.9. The molecule has 0 aliphatic carbocycles. The highest BCUT2D eigenvalue weighted by Gasteiger charge is 2.60. The molecule has 0 aromatic rings. The van der Waals surface area contributed by atoms with Crippen molar-refractivity contribution in [2.24, 2.45) is 0 Å². The largest absolute Gasteiger partial charge is 0.387 e. The van der Waals surface area contributed by atoms with Crippen LogP contribution in [-0.4, -0.2) is 363 Å². The molecule has 12 unspecified atom stereocenters. The second-order valence-electron chi connectivity index (χ2n) is 22.2. The molecule has 0 amide bonds. The summed E-state index contributed by atoms with van der Waals surface area (Å²) in [6.07, 6.45) is -64.9. The van der Waals surface area contributed by atoms with E-state index in [2.05, 4.69) is 0 Å². The van der Waals surface area contributed by atoms with E-state index in [1.807, 2.05) is 181 Å². The molecule has 30 aliphatic rings. The summed E-state index contributed by atoms with van der Waals surface area (Å²) in [4.78, 5) is 0. The Morgan fingerprint density at radius 1 is 0.148 bits per heavy atom. The number of alkyl halides is 8. The molecule has 0 saturated carbocycles. The normalized spacial score (nSPS) is 55.4. The van der Waals surface area contributed by atoms with Crippen molar-refractivity contribution in [2.75, 3.05) is 35.4 Å². The zero-order chi connectivity index (χ0) is 64.1. The molecule has 0 aromatic carbocycles. The maximum absolute atomic E-state index is 11.7. The van der Waals surface area contributed by atoms with Gasteiger partial charge in [0.1, 0.15) is 146 Å². The van der Waals surface area contributed by atoms with Gasteiger partial charge in [-0.2, -0.15) is 0 Å². The Morgan fingerprint density at radius 3 is 0.318 bits per heavy atom. The lowest BCUT2D eigenvalue weighted by Crippen LogP contribution is -2.68. The lowest BCUT2D eigenvalue weighted by Gasteiger charge is -2.51. The molecule has 0 radical (unpaired) electrons. The van der Waals surface area contributed by atoms with Gasteiger partial charge in [-0.1, -0.05) is 181 Å². The van der Waals surface area contributed by atoms with Crippen LogP contribution in [0.3, 0.4) is 0 Å². The molecule has 30 aliphatic heterocycles. The van der Waals surface area contributed by atoms with Gasteiger partial charge in [0, 0.05) is 35.4 Å². The number of aliphatic hydroxyl groups is 16. The first-order valence-corrected chi connectivity index (χ1v) is 39.9. The van der Waals surface area contributed by atoms with E-state index >= 15 is 0 Å². The van der Waals surface area contributed by atoms with E-state index in [-0.39, 0.29) is 35.4 Å². The van der Waals surface area contributed by atoms with Crippen molar-refractivity contribution < 1.29 is 157 Å². The summed E-state index contributed by atoms with van der Waals surface area (Å²) >= 11 is 15.3. The van der Waals surface area contributed by atoms with Gasteiger partial charge in [0.15, 0.2) is 50.3 Å². The van der Waals surface area contributed by atoms with Crippen molar-refractivity contribution in [3.63, 3.8) is 0 Å². The third-order valence-electron chi connectivity index (χ3n) is 16.7. The van der Waals surface area contributed by atoms with E-state index in [0.29, 0.717) is 0 Å². The van der Waals surface area contributed by atoms with E-state index in [1.165, 1.54) is 0 Å². The fourth-order valence-electron chi connectivity index (χ4n) is 11.7. The molecule has 30 saturated heterocycles. The van der Waals surface area contributed by atoms with Gasteiger partial charge >= 0.3 is 0 Å². The minimum atomic E-state index is -1.93. The predicted molar refractivity (Wildman–Crippen MR) is 355 cm³/mol. The van der Waals surface area contributed by atoms with Gasteiger partial charge in [0.25, 0.3) is 0 Å². The minimum absolute atomic E-state index is 0.0536. The van der Waals surface area contributed by atoms with Crippen molar-refractivity contribution >= 4 is 181 Å². The Labute approximate surface area is 611 Å². The smallest absolute Gasteiger partial charge is 0.187 e. The van der Waals surface area contributed by atoms with Crippen LogP contribution in [0.1, 0.15) is 0 Å². The van der Waals surface area contributed by atoms with Crippen molar-refractivity contribution in [3.8, 4) is 0 Å². The summed E-state index contributed by atoms with van der Waals surface area (Å²) in [6, 6.07) is 0. The van der Waals surface area contributed by atoms with Crippen molar-refractivity contribution in [2.45, 2.75) is 246 Å². The van der Waals surface area contributed by atoms with E-state index in [9.17, 15) is 81.7 Å². The van der Waals surface area contributed by atoms with Crippen molar-refractivity contribution in [1.82, 2.24) is 0 Å². The summed E-state index contributed by atoms with van der Waals surface area (Å²) in [5.41, 5.74) is 0. The van der Waals surface area contributed by atoms with Gasteiger partial charge in [-0.05, 0) is 0 Å². The quantitative estimate of drug-likeness (QED) is 0.0795. The highest BCUT2D eigenvalue weighted by molar-refractivity contribution is 14.1. The Hall–Kier alpha value is 4.56. The lowest BCUT2D eigenvalue weighted by molar-refractivity contribution is -0.396. The molecule has 40 heteroatoms. The van der Waals surface area contributed by atoms with Gasteiger partial charge in [0.05, 0.1) is 48.8 Å². The van der Waals surface area contributed by atoms with Crippen LogP contribution >= 0.6 is 181 Å². The first-order valence-electron chi connectivity index (χ1n) is 27.7. The predicted octanol–water partition coefficient (Wildman–Crippen LogP) is -5.86. The van der Waals surface area contributed by atoms with E-state index in [1.54, 1.807) is 0 Å². The molecular weight excluding hydrogens is 2100 g/mol. The second-order valence-corrected chi connectivity index (χ2v) is 29.3. The van der Waals surface area contributed by atoms with Crippen LogP contribution in [0.2, 0.25) is 0 Å². The van der Waals surface area contributed by atoms with Gasteiger partial charge in [-0.15, -0.1) is 0 Å². The Bertz CT molecular complexity index is 1730. The van der Waals surface area contributed by atoms with Crippen LogP contribution in [0.4, 0.5) is 0 Å². The highest BCUT2D eigenvalue weighted by atomic mass is 127. The Balaban J connectivity index is 0.975. The number of rotatable bonds is 8. The van der Waals surface area contributed by atoms with Crippen molar-refractivity contribution in [3.05, 3.63) is 0 Å². The molecule has 16 N–H and O–H groups in total. The number of hydrogen-bond acceptors (Lipinski definition) is 32. The third kappa shape index (κ3) is 16.1. The molecule has 40 atom stereocenters. The standard InChI is InChI=1S/C48H72I8O32/c49-1-9-33-17(57)25(65)41(73-9)82-34-10(2-50)75-43(27(67)19(34)59)84-36-12(4-52)77-45(29(69)21(36)61)86-38-14(6-54)79-47(31(71)23(38)63)88-40-16(8-56)80-48(32(72)24(40)64)87-39-15(7-55)78-46(30(70)22(39)62)85-37-13(5-53)76-44(28(68)20(37)60)83-35-11(3-51)74-42(81-33)26(66)18(35)58/h9-48,57-72H,1-8H2/t9-,10-,11-,12-,13-,14-,15-,16-,17+,18?,19?,20+,21?,22?,23?,24?,25-,26-,27-,28-,29-,30-,31-,32-,33-,34-,35-,36?,37-,38-,39-,40-,41-,42?,43?,44-,45?,46-,47?,48?/m1/s1. The van der Waals surface area contributed by atoms with Gasteiger partial charge in [0.2, 0.25) is 0 Å². The summed E-state index contributed by atoms with van der Waals surface area (Å²) in [5.74, 6) is 0. The minimum Gasteiger partial charge on any atom is -0.387 e. The number of ether oxygens (including phenoxy) is 16. The average Bonchev–Trinajstić information content (AvgIpc) is 0.994. The molecule has 30 rings (SSSR count). The molecule has 30 fully saturated rings. The van der Waals surface area contributed by atoms with Gasteiger partial charge < -0.3 is 157 Å². The van der Waals surface area contributed by atoms with Gasteiger partial charge in [-0.25, -0.2) is 0 Å². The fraction of sp³-hybridized carbons (Fsp3) is 1.00. The first kappa shape index (κ1) is 76.7. The molecule has 0 spiro atoms. The molecule has 16 bridgehead atoms. The molecule has 30 heterocycles. The van der Waals surface area contributed by atoms with E-state index in [4.69, 9.17) is 75.8 Å². The van der Waals surface area contributed by atoms with Crippen LogP contribution in [0.15, 0.2) is 0 Å². The SMILES string of the molecule is OC1C2OC3O[C@H](CI)[C@@H](O[C@H]4O[C@H](CI)[C@@H](OC5O[C@H](CI)[C@@H](O[C@H]6O[C@H](CI)[C@@H](O[C@H]7O[C@H](CI)[C@@H](OC8O[C@H](CI)[C@@H](OC9O[C@H](CI)[C@@H](OC(O[C@@H]2CI)[C@@H]1O)C(O)[C@H]9O)C(O)[C@H]8O)C(O)[C@H]7O)[C@@H](O)[C@H]6O)C(O)[C@H]5O)[C@@H](O)[C@H]4O)C(O)[C@H]3O. The van der Waals surface area contributed by atoms with Crippen LogP contribution in [0.5, 0.6) is 0 Å². The summed E-state index contributed by atoms with van der Waals surface area (Å²) in [5, 5.41) is 186. The monoisotopic (exact) mass is 2180 g/mol. The summed E-state index contributed by atoms with van der Waals surface area (Å²) in [7, 11) is 0. The summed E-state index contributed by atoms with van der Waals surface area (Å²) < 4.78 is 98.2.